The first kappa shape index (κ1) is 10.8. The van der Waals surface area contributed by atoms with E-state index in [0.29, 0.717) is 5.82 Å². The van der Waals surface area contributed by atoms with E-state index in [4.69, 9.17) is 16.3 Å². The number of halogens is 2. The fraction of sp³-hybridized carbons (Fsp3) is 0.0909. The van der Waals surface area contributed by atoms with Gasteiger partial charge in [-0.05, 0) is 19.1 Å². The number of hydrogen-bond donors (Lipinski definition) is 0. The van der Waals surface area contributed by atoms with Crippen molar-refractivity contribution in [1.82, 2.24) is 9.97 Å². The molecule has 0 aliphatic heterocycles. The number of hydrogen-bond acceptors (Lipinski definition) is 3. The van der Waals surface area contributed by atoms with Crippen LogP contribution in [0.25, 0.3) is 0 Å². The van der Waals surface area contributed by atoms with Crippen molar-refractivity contribution in [3.63, 3.8) is 0 Å². The normalized spacial score (nSPS) is 10.2. The Bertz CT molecular complexity index is 499. The van der Waals surface area contributed by atoms with E-state index >= 15 is 0 Å². The summed E-state index contributed by atoms with van der Waals surface area (Å²) in [6, 6.07) is 7.52. The van der Waals surface area contributed by atoms with Gasteiger partial charge in [0.25, 0.3) is 0 Å². The van der Waals surface area contributed by atoms with Crippen LogP contribution in [0.3, 0.4) is 0 Å². The number of ether oxygens (including phenoxy) is 1. The van der Waals surface area contributed by atoms with Crippen molar-refractivity contribution >= 4 is 11.6 Å². The van der Waals surface area contributed by atoms with Gasteiger partial charge in [0.2, 0.25) is 5.88 Å². The summed E-state index contributed by atoms with van der Waals surface area (Å²) in [4.78, 5) is 7.86. The summed E-state index contributed by atoms with van der Waals surface area (Å²) in [5.41, 5.74) is 0. The maximum atomic E-state index is 13.3. The van der Waals surface area contributed by atoms with Crippen molar-refractivity contribution in [2.75, 3.05) is 0 Å². The molecule has 0 aliphatic carbocycles. The van der Waals surface area contributed by atoms with Crippen molar-refractivity contribution in [1.29, 1.82) is 0 Å². The van der Waals surface area contributed by atoms with E-state index < -0.39 is 5.82 Å². The molecule has 1 aromatic heterocycles. The van der Waals surface area contributed by atoms with Crippen LogP contribution in [-0.2, 0) is 0 Å². The van der Waals surface area contributed by atoms with Crippen LogP contribution in [0, 0.1) is 12.7 Å². The molecule has 0 unspecified atom stereocenters. The lowest BCUT2D eigenvalue weighted by Gasteiger charge is -2.05. The van der Waals surface area contributed by atoms with Crippen LogP contribution in [0.2, 0.25) is 5.15 Å². The lowest BCUT2D eigenvalue weighted by Crippen LogP contribution is -1.94. The third-order valence-corrected chi connectivity index (χ3v) is 2.03. The Morgan fingerprint density at radius 1 is 1.25 bits per heavy atom. The third-order valence-electron chi connectivity index (χ3n) is 1.83. The Kier molecular flexibility index (Phi) is 3.01. The minimum absolute atomic E-state index is 0.108. The van der Waals surface area contributed by atoms with Gasteiger partial charge in [-0.2, -0.15) is 4.98 Å². The average Bonchev–Trinajstić information content (AvgIpc) is 2.20. The third kappa shape index (κ3) is 2.46. The van der Waals surface area contributed by atoms with Crippen molar-refractivity contribution < 1.29 is 9.13 Å². The van der Waals surface area contributed by atoms with Crippen LogP contribution in [0.1, 0.15) is 5.82 Å². The molecule has 5 heteroatoms. The maximum absolute atomic E-state index is 13.3. The SMILES string of the molecule is Cc1nc(Cl)cc(Oc2ccccc2F)n1. The summed E-state index contributed by atoms with van der Waals surface area (Å²) in [5, 5.41) is 0.263. The molecule has 0 saturated carbocycles. The molecule has 0 fully saturated rings. The lowest BCUT2D eigenvalue weighted by molar-refractivity contribution is 0.425. The summed E-state index contributed by atoms with van der Waals surface area (Å²) >= 11 is 5.73. The van der Waals surface area contributed by atoms with Gasteiger partial charge in [0.15, 0.2) is 11.6 Å². The number of nitrogens with zero attached hydrogens (tertiary/aromatic N) is 2. The standard InChI is InChI=1S/C11H8ClFN2O/c1-7-14-10(12)6-11(15-7)16-9-5-3-2-4-8(9)13/h2-6H,1H3. The predicted octanol–water partition coefficient (Wildman–Crippen LogP) is 3.37. The molecule has 0 bridgehead atoms. The van der Waals surface area contributed by atoms with E-state index in [1.54, 1.807) is 19.1 Å². The van der Waals surface area contributed by atoms with Gasteiger partial charge < -0.3 is 4.74 Å². The van der Waals surface area contributed by atoms with Crippen LogP contribution in [0.15, 0.2) is 30.3 Å². The molecule has 0 saturated heterocycles. The Morgan fingerprint density at radius 2 is 2.00 bits per heavy atom. The van der Waals surface area contributed by atoms with Gasteiger partial charge in [-0.15, -0.1) is 0 Å². The van der Waals surface area contributed by atoms with Crippen molar-refractivity contribution in [2.24, 2.45) is 0 Å². The number of aromatic nitrogens is 2. The second-order valence-electron chi connectivity index (χ2n) is 3.11. The first-order valence-corrected chi connectivity index (χ1v) is 4.96. The fourth-order valence-corrected chi connectivity index (χ4v) is 1.41. The number of para-hydroxylation sites is 1. The van der Waals surface area contributed by atoms with Gasteiger partial charge in [-0.3, -0.25) is 0 Å². The smallest absolute Gasteiger partial charge is 0.224 e. The highest BCUT2D eigenvalue weighted by Crippen LogP contribution is 2.23. The zero-order valence-corrected chi connectivity index (χ0v) is 9.20. The fourth-order valence-electron chi connectivity index (χ4n) is 1.20. The molecule has 82 valence electrons. The van der Waals surface area contributed by atoms with Gasteiger partial charge in [-0.25, -0.2) is 9.37 Å². The molecular formula is C11H8ClFN2O. The first-order valence-electron chi connectivity index (χ1n) is 4.59. The molecule has 16 heavy (non-hydrogen) atoms. The topological polar surface area (TPSA) is 35.0 Å². The van der Waals surface area contributed by atoms with Gasteiger partial charge >= 0.3 is 0 Å². The highest BCUT2D eigenvalue weighted by Gasteiger charge is 2.06. The molecule has 0 radical (unpaired) electrons. The molecule has 1 heterocycles. The zero-order chi connectivity index (χ0) is 11.5. The van der Waals surface area contributed by atoms with Gasteiger partial charge in [-0.1, -0.05) is 23.7 Å². The molecule has 2 aromatic rings. The Hall–Kier alpha value is -1.68. The molecule has 0 spiro atoms. The molecule has 0 amide bonds. The molecule has 0 aliphatic rings. The van der Waals surface area contributed by atoms with Crippen molar-refractivity contribution in [3.8, 4) is 11.6 Å². The van der Waals surface area contributed by atoms with Crippen LogP contribution < -0.4 is 4.74 Å². The minimum atomic E-state index is -0.449. The second-order valence-corrected chi connectivity index (χ2v) is 3.50. The van der Waals surface area contributed by atoms with Gasteiger partial charge in [0.1, 0.15) is 11.0 Å². The maximum Gasteiger partial charge on any atom is 0.224 e. The zero-order valence-electron chi connectivity index (χ0n) is 8.45. The van der Waals surface area contributed by atoms with Crippen LogP contribution >= 0.6 is 11.6 Å². The van der Waals surface area contributed by atoms with Gasteiger partial charge in [0, 0.05) is 6.07 Å². The predicted molar refractivity (Wildman–Crippen MR) is 58.3 cm³/mol. The van der Waals surface area contributed by atoms with Crippen LogP contribution in [-0.4, -0.2) is 9.97 Å². The Balaban J connectivity index is 2.30. The summed E-state index contributed by atoms with van der Waals surface area (Å²) < 4.78 is 18.5. The lowest BCUT2D eigenvalue weighted by atomic mass is 10.3. The molecular weight excluding hydrogens is 231 g/mol. The molecule has 0 atom stereocenters. The minimum Gasteiger partial charge on any atom is -0.436 e. The van der Waals surface area contributed by atoms with Crippen molar-refractivity contribution in [2.45, 2.75) is 6.92 Å². The van der Waals surface area contributed by atoms with E-state index in [2.05, 4.69) is 9.97 Å². The summed E-state index contributed by atoms with van der Waals surface area (Å²) in [6.07, 6.45) is 0. The van der Waals surface area contributed by atoms with Crippen molar-refractivity contribution in [3.05, 3.63) is 47.1 Å². The largest absolute Gasteiger partial charge is 0.436 e. The number of benzene rings is 1. The summed E-state index contributed by atoms with van der Waals surface area (Å²) in [7, 11) is 0. The second kappa shape index (κ2) is 4.45. The quantitative estimate of drug-likeness (QED) is 0.753. The van der Waals surface area contributed by atoms with E-state index in [9.17, 15) is 4.39 Å². The highest BCUT2D eigenvalue weighted by atomic mass is 35.5. The van der Waals surface area contributed by atoms with Crippen LogP contribution in [0.4, 0.5) is 4.39 Å². The Morgan fingerprint density at radius 3 is 2.69 bits per heavy atom. The van der Waals surface area contributed by atoms with Crippen LogP contribution in [0.5, 0.6) is 11.6 Å². The average molecular weight is 239 g/mol. The molecule has 2 rings (SSSR count). The van der Waals surface area contributed by atoms with Gasteiger partial charge in [0.05, 0.1) is 0 Å². The Labute approximate surface area is 96.9 Å². The summed E-state index contributed by atoms with van der Waals surface area (Å²) in [6.45, 7) is 1.68. The number of rotatable bonds is 2. The van der Waals surface area contributed by atoms with E-state index in [1.165, 1.54) is 18.2 Å². The monoisotopic (exact) mass is 238 g/mol. The number of aryl methyl sites for hydroxylation is 1. The molecule has 0 N–H and O–H groups in total. The van der Waals surface area contributed by atoms with E-state index in [1.807, 2.05) is 0 Å². The first-order chi connectivity index (χ1) is 7.65. The van der Waals surface area contributed by atoms with E-state index in [0.717, 1.165) is 0 Å². The van der Waals surface area contributed by atoms with E-state index in [-0.39, 0.29) is 16.8 Å². The highest BCUT2D eigenvalue weighted by molar-refractivity contribution is 6.29. The summed E-state index contributed by atoms with van der Waals surface area (Å²) in [5.74, 6) is 0.355. The molecule has 1 aromatic carbocycles. The molecule has 3 nitrogen and oxygen atoms in total.